The maximum atomic E-state index is 12.9. The molecule has 2 aliphatic rings. The van der Waals surface area contributed by atoms with Crippen LogP contribution in [0.4, 0.5) is 5.69 Å². The van der Waals surface area contributed by atoms with Crippen LogP contribution in [-0.2, 0) is 11.3 Å². The minimum Gasteiger partial charge on any atom is -0.334 e. The molecule has 1 fully saturated rings. The van der Waals surface area contributed by atoms with Gasteiger partial charge >= 0.3 is 0 Å². The number of aromatic nitrogens is 2. The van der Waals surface area contributed by atoms with Crippen molar-refractivity contribution in [1.29, 1.82) is 0 Å². The van der Waals surface area contributed by atoms with Crippen LogP contribution in [0.25, 0.3) is 4.85 Å². The molecule has 5 nitrogen and oxygen atoms in total. The van der Waals surface area contributed by atoms with Crippen molar-refractivity contribution < 1.29 is 4.79 Å². The van der Waals surface area contributed by atoms with Crippen LogP contribution in [0.1, 0.15) is 30.1 Å². The molecular formula is C17H16N4O. The molecule has 1 atom stereocenters. The van der Waals surface area contributed by atoms with Gasteiger partial charge in [-0.1, -0.05) is 24.3 Å². The second-order valence-electron chi connectivity index (χ2n) is 6.06. The van der Waals surface area contributed by atoms with Crippen molar-refractivity contribution in [2.45, 2.75) is 25.4 Å². The summed E-state index contributed by atoms with van der Waals surface area (Å²) in [6, 6.07) is 6.93. The number of hydrogen-bond donors (Lipinski definition) is 0. The Balaban J connectivity index is 1.75. The predicted molar refractivity (Wildman–Crippen MR) is 81.2 cm³/mol. The molecule has 1 saturated carbocycles. The summed E-state index contributed by atoms with van der Waals surface area (Å²) >= 11 is 0. The van der Waals surface area contributed by atoms with Gasteiger partial charge in [-0.15, -0.1) is 0 Å². The maximum Gasteiger partial charge on any atom is 0.250 e. The van der Waals surface area contributed by atoms with E-state index in [0.29, 0.717) is 18.2 Å². The van der Waals surface area contributed by atoms with Crippen LogP contribution in [0.2, 0.25) is 0 Å². The number of imidazole rings is 1. The highest BCUT2D eigenvalue weighted by Crippen LogP contribution is 2.35. The Morgan fingerprint density at radius 2 is 2.23 bits per heavy atom. The Morgan fingerprint density at radius 1 is 1.36 bits per heavy atom. The number of fused-ring (bicyclic) bond motifs is 1. The molecule has 2 aromatic rings. The van der Waals surface area contributed by atoms with Gasteiger partial charge in [-0.3, -0.25) is 4.79 Å². The van der Waals surface area contributed by atoms with Gasteiger partial charge in [-0.2, -0.15) is 0 Å². The van der Waals surface area contributed by atoms with Crippen molar-refractivity contribution in [1.82, 2.24) is 14.5 Å². The molecule has 22 heavy (non-hydrogen) atoms. The highest BCUT2D eigenvalue weighted by atomic mass is 16.2. The first-order valence-corrected chi connectivity index (χ1v) is 7.53. The molecule has 1 amide bonds. The smallest absolute Gasteiger partial charge is 0.250 e. The number of nitrogens with zero attached hydrogens (tertiary/aromatic N) is 4. The lowest BCUT2D eigenvalue weighted by Gasteiger charge is -2.34. The zero-order valence-electron chi connectivity index (χ0n) is 12.1. The lowest BCUT2D eigenvalue weighted by molar-refractivity contribution is -0.136. The van der Waals surface area contributed by atoms with E-state index in [2.05, 4.69) is 9.83 Å². The van der Waals surface area contributed by atoms with Crippen molar-refractivity contribution in [2.24, 2.45) is 5.92 Å². The predicted octanol–water partition coefficient (Wildman–Crippen LogP) is 2.78. The summed E-state index contributed by atoms with van der Waals surface area (Å²) in [5.74, 6) is 0.771. The Labute approximate surface area is 129 Å². The lowest BCUT2D eigenvalue weighted by atomic mass is 10.0. The second-order valence-corrected chi connectivity index (χ2v) is 6.06. The zero-order valence-corrected chi connectivity index (χ0v) is 12.1. The molecular weight excluding hydrogens is 276 g/mol. The molecule has 4 rings (SSSR count). The van der Waals surface area contributed by atoms with Gasteiger partial charge in [-0.25, -0.2) is 9.83 Å². The molecule has 2 heterocycles. The van der Waals surface area contributed by atoms with Gasteiger partial charge in [-0.05, 0) is 24.3 Å². The van der Waals surface area contributed by atoms with E-state index in [9.17, 15) is 4.79 Å². The fraction of sp³-hybridized carbons (Fsp3) is 0.353. The summed E-state index contributed by atoms with van der Waals surface area (Å²) < 4.78 is 1.94. The largest absolute Gasteiger partial charge is 0.334 e. The van der Waals surface area contributed by atoms with Gasteiger partial charge < -0.3 is 9.47 Å². The van der Waals surface area contributed by atoms with E-state index in [4.69, 9.17) is 6.57 Å². The minimum absolute atomic E-state index is 0.111. The van der Waals surface area contributed by atoms with Crippen LogP contribution in [0.15, 0.2) is 36.8 Å². The SMILES string of the molecule is [C-]#[N+]c1cccc(C2C(=O)N(CC3CC3)Cc3cncn32)c1. The van der Waals surface area contributed by atoms with Crippen LogP contribution in [0, 0.1) is 12.5 Å². The van der Waals surface area contributed by atoms with Gasteiger partial charge in [0.05, 0.1) is 25.1 Å². The summed E-state index contributed by atoms with van der Waals surface area (Å²) in [6.45, 7) is 8.64. The summed E-state index contributed by atoms with van der Waals surface area (Å²) in [4.78, 5) is 22.6. The van der Waals surface area contributed by atoms with E-state index in [-0.39, 0.29) is 5.91 Å². The summed E-state index contributed by atoms with van der Waals surface area (Å²) in [7, 11) is 0. The van der Waals surface area contributed by atoms with Crippen LogP contribution in [0.3, 0.4) is 0 Å². The highest BCUT2D eigenvalue weighted by molar-refractivity contribution is 5.85. The number of carbonyl (C=O) groups excluding carboxylic acids is 1. The monoisotopic (exact) mass is 292 g/mol. The van der Waals surface area contributed by atoms with Crippen LogP contribution < -0.4 is 0 Å². The van der Waals surface area contributed by atoms with Crippen LogP contribution in [0.5, 0.6) is 0 Å². The molecule has 0 spiro atoms. The van der Waals surface area contributed by atoms with Gasteiger partial charge in [0.2, 0.25) is 0 Å². The summed E-state index contributed by atoms with van der Waals surface area (Å²) in [5, 5.41) is 0. The van der Waals surface area contributed by atoms with E-state index in [0.717, 1.165) is 17.8 Å². The average molecular weight is 292 g/mol. The number of benzene rings is 1. The normalized spacial score (nSPS) is 20.6. The van der Waals surface area contributed by atoms with Gasteiger partial charge in [0.1, 0.15) is 6.04 Å². The third kappa shape index (κ3) is 2.17. The molecule has 0 saturated heterocycles. The highest BCUT2D eigenvalue weighted by Gasteiger charge is 2.36. The fourth-order valence-corrected chi connectivity index (χ4v) is 3.09. The molecule has 1 aliphatic heterocycles. The quantitative estimate of drug-likeness (QED) is 0.816. The maximum absolute atomic E-state index is 12.9. The van der Waals surface area contributed by atoms with E-state index < -0.39 is 6.04 Å². The van der Waals surface area contributed by atoms with Gasteiger partial charge in [0, 0.05) is 12.7 Å². The first-order chi connectivity index (χ1) is 10.8. The summed E-state index contributed by atoms with van der Waals surface area (Å²) in [5.41, 5.74) is 2.47. The molecule has 1 aliphatic carbocycles. The Bertz CT molecular complexity index is 769. The lowest BCUT2D eigenvalue weighted by Crippen LogP contribution is -2.43. The van der Waals surface area contributed by atoms with E-state index in [1.54, 1.807) is 18.5 Å². The molecule has 0 bridgehead atoms. The Hall–Kier alpha value is -2.61. The fourth-order valence-electron chi connectivity index (χ4n) is 3.09. The molecule has 0 radical (unpaired) electrons. The first kappa shape index (κ1) is 13.1. The zero-order chi connectivity index (χ0) is 15.1. The molecule has 110 valence electrons. The summed E-state index contributed by atoms with van der Waals surface area (Å²) in [6.07, 6.45) is 6.00. The molecule has 0 N–H and O–H groups in total. The minimum atomic E-state index is -0.397. The molecule has 1 aromatic heterocycles. The average Bonchev–Trinajstić information content (AvgIpc) is 3.24. The molecule has 5 heteroatoms. The van der Waals surface area contributed by atoms with Crippen molar-refractivity contribution in [3.8, 4) is 0 Å². The van der Waals surface area contributed by atoms with Gasteiger partial charge in [0.15, 0.2) is 5.69 Å². The first-order valence-electron chi connectivity index (χ1n) is 7.53. The Morgan fingerprint density at radius 3 is 3.00 bits per heavy atom. The van der Waals surface area contributed by atoms with Crippen molar-refractivity contribution in [2.75, 3.05) is 6.54 Å². The number of hydrogen-bond acceptors (Lipinski definition) is 2. The number of rotatable bonds is 3. The second kappa shape index (κ2) is 4.99. The van der Waals surface area contributed by atoms with Crippen LogP contribution >= 0.6 is 0 Å². The topological polar surface area (TPSA) is 42.5 Å². The standard InChI is InChI=1S/C17H16N4O/c1-18-14-4-2-3-13(7-14)16-17(22)20(9-12-5-6-12)10-15-8-19-11-21(15)16/h2-4,7-8,11-12,16H,5-6,9-10H2. The number of carbonyl (C=O) groups is 1. The Kier molecular flexibility index (Phi) is 2.97. The van der Waals surface area contributed by atoms with E-state index in [1.807, 2.05) is 27.8 Å². The third-order valence-electron chi connectivity index (χ3n) is 4.41. The van der Waals surface area contributed by atoms with E-state index >= 15 is 0 Å². The number of amides is 1. The van der Waals surface area contributed by atoms with Crippen molar-refractivity contribution in [3.05, 3.63) is 59.5 Å². The third-order valence-corrected chi connectivity index (χ3v) is 4.41. The van der Waals surface area contributed by atoms with Crippen LogP contribution in [-0.4, -0.2) is 26.9 Å². The molecule has 1 aromatic carbocycles. The van der Waals surface area contributed by atoms with Crippen molar-refractivity contribution >= 4 is 11.6 Å². The molecule has 1 unspecified atom stereocenters. The van der Waals surface area contributed by atoms with Crippen molar-refractivity contribution in [3.63, 3.8) is 0 Å². The van der Waals surface area contributed by atoms with Gasteiger partial charge in [0.25, 0.3) is 5.91 Å². The van der Waals surface area contributed by atoms with E-state index in [1.165, 1.54) is 12.8 Å².